The van der Waals surface area contributed by atoms with Crippen molar-refractivity contribution < 1.29 is 14.3 Å². The van der Waals surface area contributed by atoms with E-state index in [2.05, 4.69) is 17.6 Å². The molecule has 3 rings (SSSR count). The van der Waals surface area contributed by atoms with Gasteiger partial charge in [-0.25, -0.2) is 4.39 Å². The van der Waals surface area contributed by atoms with E-state index in [1.165, 1.54) is 12.1 Å². The highest BCUT2D eigenvalue weighted by atomic mass is 19.1. The second-order valence-corrected chi connectivity index (χ2v) is 7.17. The second kappa shape index (κ2) is 6.95. The predicted octanol–water partition coefficient (Wildman–Crippen LogP) is 5.25. The van der Waals surface area contributed by atoms with E-state index in [0.29, 0.717) is 17.8 Å². The van der Waals surface area contributed by atoms with Crippen LogP contribution in [0.15, 0.2) is 41.4 Å². The molecule has 0 bridgehead atoms. The van der Waals surface area contributed by atoms with Crippen LogP contribution in [0.4, 0.5) is 10.1 Å². The summed E-state index contributed by atoms with van der Waals surface area (Å²) in [5.74, 6) is -0.257. The minimum atomic E-state index is -0.756. The summed E-state index contributed by atoms with van der Waals surface area (Å²) in [5.41, 5.74) is 3.53. The lowest BCUT2D eigenvalue weighted by molar-refractivity contribution is -0.139. The second-order valence-electron chi connectivity index (χ2n) is 7.17. The zero-order chi connectivity index (χ0) is 18.1. The molecule has 0 aromatic heterocycles. The van der Waals surface area contributed by atoms with Crippen LogP contribution in [0.5, 0.6) is 0 Å². The van der Waals surface area contributed by atoms with Crippen LogP contribution in [0.25, 0.3) is 5.57 Å². The monoisotopic (exact) mass is 341 g/mol. The Morgan fingerprint density at radius 1 is 1.44 bits per heavy atom. The van der Waals surface area contributed by atoms with Gasteiger partial charge in [0.05, 0.1) is 11.6 Å². The topological polar surface area (TPSA) is 49.7 Å². The standard InChI is InChI=1S/C21H24FNO2/c1-4-23-20-6-5-18(22)11-19(20)12(2)14-7-16-9-15(10-17(16)8-14)13(3)21(24)25/h4-6,9,11,13-14,16-17H,2,7-8,10H2,1,3H3,(H,24,25)/t13?,14-,16-,17+/m1/s1. The molecule has 0 heterocycles. The summed E-state index contributed by atoms with van der Waals surface area (Å²) in [6.45, 7) is 7.84. The van der Waals surface area contributed by atoms with Gasteiger partial charge in [0.15, 0.2) is 0 Å². The molecule has 1 fully saturated rings. The Balaban J connectivity index is 1.77. The third kappa shape index (κ3) is 3.44. The van der Waals surface area contributed by atoms with Gasteiger partial charge in [-0.3, -0.25) is 9.79 Å². The quantitative estimate of drug-likeness (QED) is 0.587. The average molecular weight is 341 g/mol. The lowest BCUT2D eigenvalue weighted by atomic mass is 9.88. The van der Waals surface area contributed by atoms with E-state index >= 15 is 0 Å². The third-order valence-electron chi connectivity index (χ3n) is 5.67. The number of carbonyl (C=O) groups is 1. The highest BCUT2D eigenvalue weighted by Gasteiger charge is 2.40. The summed E-state index contributed by atoms with van der Waals surface area (Å²) < 4.78 is 13.7. The fourth-order valence-corrected chi connectivity index (χ4v) is 4.24. The van der Waals surface area contributed by atoms with Gasteiger partial charge in [-0.2, -0.15) is 0 Å². The molecule has 0 aliphatic heterocycles. The van der Waals surface area contributed by atoms with Crippen molar-refractivity contribution in [1.82, 2.24) is 0 Å². The molecule has 2 aliphatic rings. The maximum atomic E-state index is 13.7. The number of aliphatic imine (C=N–C) groups is 1. The van der Waals surface area contributed by atoms with Gasteiger partial charge < -0.3 is 5.11 Å². The number of fused-ring (bicyclic) bond motifs is 1. The largest absolute Gasteiger partial charge is 0.481 e. The summed E-state index contributed by atoms with van der Waals surface area (Å²) in [4.78, 5) is 15.5. The number of benzene rings is 1. The molecule has 2 aliphatic carbocycles. The van der Waals surface area contributed by atoms with Gasteiger partial charge in [-0.15, -0.1) is 0 Å². The predicted molar refractivity (Wildman–Crippen MR) is 98.5 cm³/mol. The van der Waals surface area contributed by atoms with Crippen LogP contribution in [0.2, 0.25) is 0 Å². The lowest BCUT2D eigenvalue weighted by Crippen LogP contribution is -2.12. The van der Waals surface area contributed by atoms with E-state index in [1.807, 2.05) is 6.92 Å². The maximum absolute atomic E-state index is 13.7. The van der Waals surface area contributed by atoms with E-state index in [-0.39, 0.29) is 5.82 Å². The number of halogens is 1. The summed E-state index contributed by atoms with van der Waals surface area (Å²) in [6, 6.07) is 4.63. The Morgan fingerprint density at radius 2 is 2.20 bits per heavy atom. The molecule has 0 saturated heterocycles. The van der Waals surface area contributed by atoms with Crippen LogP contribution in [0, 0.1) is 29.5 Å². The van der Waals surface area contributed by atoms with E-state index in [4.69, 9.17) is 0 Å². The number of hydrogen-bond donors (Lipinski definition) is 1. The molecule has 1 unspecified atom stereocenters. The first-order valence-corrected chi connectivity index (χ1v) is 8.81. The van der Waals surface area contributed by atoms with E-state index in [9.17, 15) is 14.3 Å². The molecule has 4 atom stereocenters. The van der Waals surface area contributed by atoms with Crippen LogP contribution in [0.3, 0.4) is 0 Å². The Labute approximate surface area is 148 Å². The van der Waals surface area contributed by atoms with Crippen molar-refractivity contribution in [3.63, 3.8) is 0 Å². The number of aliphatic carboxylic acids is 1. The normalized spacial score (nSPS) is 26.5. The van der Waals surface area contributed by atoms with Crippen LogP contribution >= 0.6 is 0 Å². The van der Waals surface area contributed by atoms with Gasteiger partial charge in [0.2, 0.25) is 0 Å². The Hall–Kier alpha value is -2.23. The molecular weight excluding hydrogens is 317 g/mol. The van der Waals surface area contributed by atoms with Crippen molar-refractivity contribution in [1.29, 1.82) is 0 Å². The molecule has 0 spiro atoms. The van der Waals surface area contributed by atoms with Gasteiger partial charge in [-0.1, -0.05) is 18.2 Å². The number of allylic oxidation sites excluding steroid dienone is 2. The summed E-state index contributed by atoms with van der Waals surface area (Å²) >= 11 is 0. The van der Waals surface area contributed by atoms with Crippen molar-refractivity contribution in [2.45, 2.75) is 33.1 Å². The van der Waals surface area contributed by atoms with Crippen molar-refractivity contribution in [3.05, 3.63) is 47.8 Å². The molecule has 1 N–H and O–H groups in total. The molecule has 0 amide bonds. The Kier molecular flexibility index (Phi) is 4.89. The van der Waals surface area contributed by atoms with Gasteiger partial charge in [0.1, 0.15) is 5.82 Å². The number of carboxylic acid groups (broad SMARTS) is 1. The SMILES string of the molecule is C=C(c1cc(F)ccc1N=CC)[C@H]1C[C@H]2CC(C(C)C(=O)O)=C[C@H]2C1. The van der Waals surface area contributed by atoms with Crippen LogP contribution in [-0.2, 0) is 4.79 Å². The minimum Gasteiger partial charge on any atom is -0.481 e. The van der Waals surface area contributed by atoms with Crippen molar-refractivity contribution in [3.8, 4) is 0 Å². The Morgan fingerprint density at radius 3 is 2.84 bits per heavy atom. The highest BCUT2D eigenvalue weighted by Crippen LogP contribution is 2.51. The van der Waals surface area contributed by atoms with E-state index < -0.39 is 11.9 Å². The molecular formula is C21H24FNO2. The number of nitrogens with zero attached hydrogens (tertiary/aromatic N) is 1. The third-order valence-corrected chi connectivity index (χ3v) is 5.67. The maximum Gasteiger partial charge on any atom is 0.310 e. The summed E-state index contributed by atoms with van der Waals surface area (Å²) in [6.07, 6.45) is 6.64. The zero-order valence-corrected chi connectivity index (χ0v) is 14.7. The van der Waals surface area contributed by atoms with Crippen LogP contribution in [-0.4, -0.2) is 17.3 Å². The molecule has 1 aromatic rings. The van der Waals surface area contributed by atoms with Crippen LogP contribution < -0.4 is 0 Å². The molecule has 3 nitrogen and oxygen atoms in total. The average Bonchev–Trinajstić information content (AvgIpc) is 3.14. The fraction of sp³-hybridized carbons (Fsp3) is 0.429. The highest BCUT2D eigenvalue weighted by molar-refractivity contribution is 5.77. The fourth-order valence-electron chi connectivity index (χ4n) is 4.24. The summed E-state index contributed by atoms with van der Waals surface area (Å²) in [5, 5.41) is 9.20. The van der Waals surface area contributed by atoms with Gasteiger partial charge in [-0.05, 0) is 74.6 Å². The van der Waals surface area contributed by atoms with E-state index in [0.717, 1.165) is 41.7 Å². The molecule has 1 aromatic carbocycles. The van der Waals surface area contributed by atoms with Gasteiger partial charge >= 0.3 is 5.97 Å². The minimum absolute atomic E-state index is 0.276. The van der Waals surface area contributed by atoms with Crippen LogP contribution in [0.1, 0.15) is 38.7 Å². The Bertz CT molecular complexity index is 765. The molecule has 132 valence electrons. The first-order chi connectivity index (χ1) is 11.9. The molecule has 4 heteroatoms. The lowest BCUT2D eigenvalue weighted by Gasteiger charge is -2.17. The number of carboxylic acids is 1. The van der Waals surface area contributed by atoms with Gasteiger partial charge in [0, 0.05) is 11.8 Å². The van der Waals surface area contributed by atoms with Crippen molar-refractivity contribution >= 4 is 23.4 Å². The van der Waals surface area contributed by atoms with Gasteiger partial charge in [0.25, 0.3) is 0 Å². The smallest absolute Gasteiger partial charge is 0.310 e. The summed E-state index contributed by atoms with van der Waals surface area (Å²) in [7, 11) is 0. The van der Waals surface area contributed by atoms with Crippen molar-refractivity contribution in [2.75, 3.05) is 0 Å². The first-order valence-electron chi connectivity index (χ1n) is 8.81. The number of hydrogen-bond acceptors (Lipinski definition) is 2. The molecule has 25 heavy (non-hydrogen) atoms. The zero-order valence-electron chi connectivity index (χ0n) is 14.7. The molecule has 1 saturated carbocycles. The first kappa shape index (κ1) is 17.6. The molecule has 0 radical (unpaired) electrons. The van der Waals surface area contributed by atoms with Crippen molar-refractivity contribution in [2.24, 2.45) is 28.7 Å². The number of rotatable bonds is 5. The van der Waals surface area contributed by atoms with E-state index in [1.54, 1.807) is 19.2 Å².